The van der Waals surface area contributed by atoms with Crippen molar-refractivity contribution in [3.8, 4) is 0 Å². The van der Waals surface area contributed by atoms with Crippen LogP contribution < -0.4 is 4.90 Å². The van der Waals surface area contributed by atoms with E-state index in [4.69, 9.17) is 23.2 Å². The molecule has 2 heterocycles. The summed E-state index contributed by atoms with van der Waals surface area (Å²) in [6.45, 7) is 0.224. The van der Waals surface area contributed by atoms with Crippen LogP contribution in [0.1, 0.15) is 28.8 Å². The van der Waals surface area contributed by atoms with Crippen LogP contribution in [-0.4, -0.2) is 47.3 Å². The van der Waals surface area contributed by atoms with Crippen LogP contribution in [0.15, 0.2) is 42.5 Å². The summed E-state index contributed by atoms with van der Waals surface area (Å²) in [5.41, 5.74) is 0.238. The molecule has 2 aromatic carbocycles. The first-order chi connectivity index (χ1) is 13.8. The van der Waals surface area contributed by atoms with Crippen molar-refractivity contribution in [3.05, 3.63) is 63.6 Å². The lowest BCUT2D eigenvalue weighted by Crippen LogP contribution is -2.69. The zero-order valence-corrected chi connectivity index (χ0v) is 17.5. The molecule has 8 heteroatoms. The molecular formula is C21H19Cl2N3O3. The molecule has 2 aromatic rings. The van der Waals surface area contributed by atoms with E-state index in [1.54, 1.807) is 56.6 Å². The summed E-state index contributed by atoms with van der Waals surface area (Å²) < 4.78 is 0. The highest BCUT2D eigenvalue weighted by molar-refractivity contribution is 6.35. The van der Waals surface area contributed by atoms with Gasteiger partial charge in [-0.15, -0.1) is 0 Å². The van der Waals surface area contributed by atoms with Crippen molar-refractivity contribution in [3.63, 3.8) is 0 Å². The normalized spacial score (nSPS) is 20.6. The number of rotatable bonds is 3. The summed E-state index contributed by atoms with van der Waals surface area (Å²) in [5.74, 6) is -0.791. The second-order valence-electron chi connectivity index (χ2n) is 7.32. The Bertz CT molecular complexity index is 1040. The van der Waals surface area contributed by atoms with Gasteiger partial charge in [0.1, 0.15) is 0 Å². The largest absolute Gasteiger partial charge is 0.338 e. The number of hydrogen-bond donors (Lipinski definition) is 0. The van der Waals surface area contributed by atoms with Crippen LogP contribution in [0.3, 0.4) is 0 Å². The Morgan fingerprint density at radius 3 is 2.62 bits per heavy atom. The topological polar surface area (TPSA) is 60.9 Å². The van der Waals surface area contributed by atoms with Gasteiger partial charge < -0.3 is 9.80 Å². The highest BCUT2D eigenvalue weighted by Gasteiger charge is 2.60. The molecule has 0 radical (unpaired) electrons. The van der Waals surface area contributed by atoms with Gasteiger partial charge in [0.2, 0.25) is 11.6 Å². The fraction of sp³-hybridized carbons (Fsp3) is 0.286. The lowest BCUT2D eigenvalue weighted by molar-refractivity contribution is -0.142. The molecule has 6 nitrogen and oxygen atoms in total. The maximum absolute atomic E-state index is 13.7. The molecule has 2 aliphatic rings. The highest BCUT2D eigenvalue weighted by atomic mass is 35.5. The van der Waals surface area contributed by atoms with E-state index in [1.807, 2.05) is 0 Å². The maximum Gasteiger partial charge on any atom is 0.270 e. The van der Waals surface area contributed by atoms with Crippen LogP contribution in [0.4, 0.5) is 5.69 Å². The average Bonchev–Trinajstić information content (AvgIpc) is 3.06. The maximum atomic E-state index is 13.7. The Kier molecular flexibility index (Phi) is 4.79. The summed E-state index contributed by atoms with van der Waals surface area (Å²) in [5, 5.41) is 0.959. The molecule has 3 amide bonds. The molecule has 1 saturated heterocycles. The lowest BCUT2D eigenvalue weighted by Gasteiger charge is -2.48. The summed E-state index contributed by atoms with van der Waals surface area (Å²) >= 11 is 12.2. The molecule has 0 aliphatic carbocycles. The van der Waals surface area contributed by atoms with Crippen LogP contribution in [0.25, 0.3) is 0 Å². The van der Waals surface area contributed by atoms with Gasteiger partial charge in [-0.2, -0.15) is 0 Å². The summed E-state index contributed by atoms with van der Waals surface area (Å²) in [6, 6.07) is 12.0. The van der Waals surface area contributed by atoms with Gasteiger partial charge in [0.25, 0.3) is 11.8 Å². The molecule has 0 saturated carbocycles. The quantitative estimate of drug-likeness (QED) is 0.746. The van der Waals surface area contributed by atoms with E-state index in [9.17, 15) is 14.4 Å². The SMILES string of the molecule is CN(Cc1ccc(Cl)cc1Cl)C(=O)C12CCC(=O)N1c1ccccc1C(=O)N2C. The third-order valence-electron chi connectivity index (χ3n) is 5.65. The second kappa shape index (κ2) is 7.04. The van der Waals surface area contributed by atoms with Gasteiger partial charge in [0, 0.05) is 43.5 Å². The van der Waals surface area contributed by atoms with E-state index in [0.29, 0.717) is 21.3 Å². The third kappa shape index (κ3) is 2.90. The fourth-order valence-electron chi connectivity index (χ4n) is 4.19. The molecule has 1 unspecified atom stereocenters. The number of carbonyl (C=O) groups is 3. The summed E-state index contributed by atoms with van der Waals surface area (Å²) in [7, 11) is 3.21. The van der Waals surface area contributed by atoms with Crippen molar-refractivity contribution in [2.24, 2.45) is 0 Å². The van der Waals surface area contributed by atoms with Crippen LogP contribution >= 0.6 is 23.2 Å². The second-order valence-corrected chi connectivity index (χ2v) is 8.17. The molecule has 0 bridgehead atoms. The van der Waals surface area contributed by atoms with E-state index < -0.39 is 5.66 Å². The molecule has 1 fully saturated rings. The molecule has 150 valence electrons. The van der Waals surface area contributed by atoms with E-state index in [0.717, 1.165) is 5.56 Å². The monoisotopic (exact) mass is 431 g/mol. The molecule has 2 aliphatic heterocycles. The smallest absolute Gasteiger partial charge is 0.270 e. The van der Waals surface area contributed by atoms with Crippen molar-refractivity contribution in [1.82, 2.24) is 9.80 Å². The van der Waals surface area contributed by atoms with Gasteiger partial charge in [0.05, 0.1) is 11.3 Å². The Morgan fingerprint density at radius 1 is 1.17 bits per heavy atom. The van der Waals surface area contributed by atoms with Crippen LogP contribution in [0.2, 0.25) is 10.0 Å². The zero-order chi connectivity index (χ0) is 20.9. The van der Waals surface area contributed by atoms with Crippen LogP contribution in [0, 0.1) is 0 Å². The van der Waals surface area contributed by atoms with Gasteiger partial charge in [-0.3, -0.25) is 19.3 Å². The van der Waals surface area contributed by atoms with Gasteiger partial charge in [0.15, 0.2) is 0 Å². The first-order valence-electron chi connectivity index (χ1n) is 9.17. The fourth-order valence-corrected chi connectivity index (χ4v) is 4.66. The van der Waals surface area contributed by atoms with E-state index in [1.165, 1.54) is 14.7 Å². The van der Waals surface area contributed by atoms with Gasteiger partial charge in [-0.1, -0.05) is 41.4 Å². The number of fused-ring (bicyclic) bond motifs is 3. The minimum atomic E-state index is -1.38. The molecule has 1 atom stereocenters. The number of benzene rings is 2. The highest BCUT2D eigenvalue weighted by Crippen LogP contribution is 2.44. The van der Waals surface area contributed by atoms with Crippen LogP contribution in [-0.2, 0) is 16.1 Å². The standard InChI is InChI=1S/C21H19Cl2N3O3/c1-24(12-13-7-8-14(22)11-16(13)23)20(29)21-10-9-18(27)26(21)17-6-4-3-5-15(17)19(28)25(21)2/h3-8,11H,9-10,12H2,1-2H3. The molecular weight excluding hydrogens is 413 g/mol. The predicted molar refractivity (Wildman–Crippen MR) is 111 cm³/mol. The molecule has 0 N–H and O–H groups in total. The Hall–Kier alpha value is -2.57. The number of carbonyl (C=O) groups excluding carboxylic acids is 3. The van der Waals surface area contributed by atoms with Crippen molar-refractivity contribution in [2.75, 3.05) is 19.0 Å². The Morgan fingerprint density at radius 2 is 1.90 bits per heavy atom. The number of para-hydroxylation sites is 1. The van der Waals surface area contributed by atoms with Gasteiger partial charge in [-0.25, -0.2) is 0 Å². The Balaban J connectivity index is 1.74. The number of anilines is 1. The number of nitrogens with zero attached hydrogens (tertiary/aromatic N) is 3. The first kappa shape index (κ1) is 19.7. The summed E-state index contributed by atoms with van der Waals surface area (Å²) in [6.07, 6.45) is 0.424. The van der Waals surface area contributed by atoms with E-state index in [2.05, 4.69) is 0 Å². The number of hydrogen-bond acceptors (Lipinski definition) is 3. The van der Waals surface area contributed by atoms with Gasteiger partial charge >= 0.3 is 0 Å². The van der Waals surface area contributed by atoms with E-state index in [-0.39, 0.29) is 37.1 Å². The van der Waals surface area contributed by atoms with Crippen molar-refractivity contribution in [2.45, 2.75) is 25.0 Å². The van der Waals surface area contributed by atoms with Crippen molar-refractivity contribution >= 4 is 46.6 Å². The first-order valence-corrected chi connectivity index (χ1v) is 9.92. The van der Waals surface area contributed by atoms with Gasteiger partial charge in [-0.05, 0) is 29.8 Å². The minimum Gasteiger partial charge on any atom is -0.338 e. The number of amides is 3. The predicted octanol–water partition coefficient (Wildman–Crippen LogP) is 3.56. The van der Waals surface area contributed by atoms with E-state index >= 15 is 0 Å². The van der Waals surface area contributed by atoms with Crippen molar-refractivity contribution in [1.29, 1.82) is 0 Å². The number of halogens is 2. The number of likely N-dealkylation sites (N-methyl/N-ethyl adjacent to an activating group) is 2. The Labute approximate surface area is 178 Å². The third-order valence-corrected chi connectivity index (χ3v) is 6.24. The molecule has 0 aromatic heterocycles. The van der Waals surface area contributed by atoms with Crippen molar-refractivity contribution < 1.29 is 14.4 Å². The molecule has 4 rings (SSSR count). The summed E-state index contributed by atoms with van der Waals surface area (Å²) in [4.78, 5) is 43.8. The van der Waals surface area contributed by atoms with Crippen LogP contribution in [0.5, 0.6) is 0 Å². The zero-order valence-electron chi connectivity index (χ0n) is 16.0. The average molecular weight is 432 g/mol. The molecule has 29 heavy (non-hydrogen) atoms. The molecule has 0 spiro atoms. The minimum absolute atomic E-state index is 0.178. The lowest BCUT2D eigenvalue weighted by atomic mass is 9.95.